The molecule has 3 saturated heterocycles. The summed E-state index contributed by atoms with van der Waals surface area (Å²) >= 11 is 0. The fourth-order valence-corrected chi connectivity index (χ4v) is 4.14. The predicted octanol–water partition coefficient (Wildman–Crippen LogP) is -7.57. The molecule has 16 heteroatoms. The summed E-state index contributed by atoms with van der Waals surface area (Å²) in [6.07, 6.45) is -18.6. The van der Waals surface area contributed by atoms with Crippen molar-refractivity contribution in [1.29, 1.82) is 0 Å². The van der Waals surface area contributed by atoms with Gasteiger partial charge in [-0.3, -0.25) is 0 Å². The summed E-state index contributed by atoms with van der Waals surface area (Å²) in [6, 6.07) is 0. The first-order valence-corrected chi connectivity index (χ1v) is 10.5. The van der Waals surface area contributed by atoms with E-state index < -0.39 is 112 Å². The summed E-state index contributed by atoms with van der Waals surface area (Å²) in [5, 5.41) is 109. The SMILES string of the molecule is OC[C@H]1O[C@H](O[C@]2(CO)O[C@H](CO[C@]3(CO)O[C@H](CO)[C@@H](O)[C@@H]3O)[C@@H](O)[C@@H]2O)[C@H](O)[C@@H](O)[C@H]1O. The van der Waals surface area contributed by atoms with Gasteiger partial charge in [-0.15, -0.1) is 0 Å². The van der Waals surface area contributed by atoms with Crippen LogP contribution in [0.15, 0.2) is 0 Å². The smallest absolute Gasteiger partial charge is 0.224 e. The van der Waals surface area contributed by atoms with Crippen LogP contribution in [0.25, 0.3) is 0 Å². The molecule has 0 radical (unpaired) electrons. The van der Waals surface area contributed by atoms with Gasteiger partial charge < -0.3 is 79.9 Å². The molecule has 0 aromatic heterocycles. The summed E-state index contributed by atoms with van der Waals surface area (Å²) in [6.45, 7) is -4.25. The van der Waals surface area contributed by atoms with Crippen molar-refractivity contribution in [3.05, 3.63) is 0 Å². The van der Waals surface area contributed by atoms with Crippen molar-refractivity contribution in [2.45, 2.75) is 78.9 Å². The average Bonchev–Trinajstić information content (AvgIpc) is 3.23. The minimum atomic E-state index is -2.43. The first kappa shape index (κ1) is 27.9. The minimum absolute atomic E-state index is 0.694. The summed E-state index contributed by atoms with van der Waals surface area (Å²) < 4.78 is 26.6. The van der Waals surface area contributed by atoms with E-state index in [0.717, 1.165) is 0 Å². The zero-order chi connectivity index (χ0) is 25.4. The van der Waals surface area contributed by atoms with Crippen LogP contribution in [-0.4, -0.2) is 168 Å². The maximum absolute atomic E-state index is 10.5. The van der Waals surface area contributed by atoms with E-state index in [1.807, 2.05) is 0 Å². The number of aliphatic hydroxyl groups is 11. The number of ether oxygens (including phenoxy) is 5. The normalized spacial score (nSPS) is 51.8. The highest BCUT2D eigenvalue weighted by Gasteiger charge is 2.60. The lowest BCUT2D eigenvalue weighted by Crippen LogP contribution is -2.62. The van der Waals surface area contributed by atoms with Crippen molar-refractivity contribution < 1.29 is 79.9 Å². The molecule has 16 nitrogen and oxygen atoms in total. The first-order chi connectivity index (χ1) is 16.0. The van der Waals surface area contributed by atoms with Crippen molar-refractivity contribution >= 4 is 0 Å². The van der Waals surface area contributed by atoms with Gasteiger partial charge in [-0.1, -0.05) is 0 Å². The Morgan fingerprint density at radius 3 is 1.65 bits per heavy atom. The van der Waals surface area contributed by atoms with Crippen molar-refractivity contribution in [3.63, 3.8) is 0 Å². The molecule has 200 valence electrons. The van der Waals surface area contributed by atoms with Crippen molar-refractivity contribution in [2.24, 2.45) is 0 Å². The van der Waals surface area contributed by atoms with Crippen LogP contribution in [0.3, 0.4) is 0 Å². The van der Waals surface area contributed by atoms with Crippen LogP contribution in [0.5, 0.6) is 0 Å². The molecule has 0 aromatic rings. The molecule has 3 heterocycles. The van der Waals surface area contributed by atoms with Gasteiger partial charge in [0.1, 0.15) is 74.3 Å². The van der Waals surface area contributed by atoms with Gasteiger partial charge >= 0.3 is 0 Å². The van der Waals surface area contributed by atoms with Gasteiger partial charge in [-0.25, -0.2) is 0 Å². The Balaban J connectivity index is 1.72. The Labute approximate surface area is 192 Å². The van der Waals surface area contributed by atoms with E-state index in [-0.39, 0.29) is 0 Å². The molecule has 0 saturated carbocycles. The Morgan fingerprint density at radius 2 is 1.12 bits per heavy atom. The standard InChI is InChI=1S/C18H32O16/c19-1-6-9(23)12(26)13(27)16(31-6)34-18(5-22)15(29)11(25)8(33-18)3-30-17(4-21)14(28)10(24)7(2-20)32-17/h6-16,19-29H,1-5H2/t6-,7-,8-,9+,10-,11-,12+,13-,14+,15+,16-,17-,18+/m1/s1. The molecule has 0 aromatic carbocycles. The predicted molar refractivity (Wildman–Crippen MR) is 101 cm³/mol. The van der Waals surface area contributed by atoms with Gasteiger partial charge in [-0.05, 0) is 0 Å². The van der Waals surface area contributed by atoms with E-state index in [1.54, 1.807) is 0 Å². The Bertz CT molecular complexity index is 668. The van der Waals surface area contributed by atoms with E-state index in [4.69, 9.17) is 23.7 Å². The van der Waals surface area contributed by atoms with Crippen molar-refractivity contribution in [1.82, 2.24) is 0 Å². The molecule has 0 amide bonds. The second kappa shape index (κ2) is 10.8. The highest BCUT2D eigenvalue weighted by Crippen LogP contribution is 2.38. The maximum Gasteiger partial charge on any atom is 0.224 e. The highest BCUT2D eigenvalue weighted by molar-refractivity contribution is 5.00. The summed E-state index contributed by atoms with van der Waals surface area (Å²) in [5.41, 5.74) is 0. The fourth-order valence-electron chi connectivity index (χ4n) is 4.14. The number of rotatable bonds is 9. The van der Waals surface area contributed by atoms with Crippen molar-refractivity contribution in [2.75, 3.05) is 33.0 Å². The third kappa shape index (κ3) is 4.71. The molecule has 11 N–H and O–H groups in total. The molecule has 0 bridgehead atoms. The van der Waals surface area contributed by atoms with E-state index in [2.05, 4.69) is 0 Å². The molecule has 3 fully saturated rings. The second-order valence-electron chi connectivity index (χ2n) is 8.43. The zero-order valence-electron chi connectivity index (χ0n) is 17.8. The van der Waals surface area contributed by atoms with Gasteiger partial charge in [0.15, 0.2) is 6.29 Å². The topological polar surface area (TPSA) is 269 Å². The van der Waals surface area contributed by atoms with Gasteiger partial charge in [0.05, 0.1) is 19.8 Å². The lowest BCUT2D eigenvalue weighted by Gasteiger charge is -2.43. The van der Waals surface area contributed by atoms with Gasteiger partial charge in [-0.2, -0.15) is 0 Å². The van der Waals surface area contributed by atoms with E-state index in [0.29, 0.717) is 0 Å². The lowest BCUT2D eigenvalue weighted by molar-refractivity contribution is -0.385. The van der Waals surface area contributed by atoms with Crippen LogP contribution in [0, 0.1) is 0 Å². The molecule has 0 spiro atoms. The van der Waals surface area contributed by atoms with Crippen LogP contribution < -0.4 is 0 Å². The average molecular weight is 504 g/mol. The summed E-state index contributed by atoms with van der Waals surface area (Å²) in [5.74, 6) is -4.64. The van der Waals surface area contributed by atoms with Crippen LogP contribution in [0.1, 0.15) is 0 Å². The highest BCUT2D eigenvalue weighted by atomic mass is 16.8. The quantitative estimate of drug-likeness (QED) is 0.139. The second-order valence-corrected chi connectivity index (χ2v) is 8.43. The van der Waals surface area contributed by atoms with Gasteiger partial charge in [0, 0.05) is 0 Å². The van der Waals surface area contributed by atoms with Crippen LogP contribution in [0.2, 0.25) is 0 Å². The third-order valence-corrected chi connectivity index (χ3v) is 6.29. The van der Waals surface area contributed by atoms with Crippen molar-refractivity contribution in [3.8, 4) is 0 Å². The first-order valence-electron chi connectivity index (χ1n) is 10.5. The molecule has 0 aliphatic carbocycles. The fraction of sp³-hybridized carbons (Fsp3) is 1.00. The number of hydrogen-bond donors (Lipinski definition) is 11. The minimum Gasteiger partial charge on any atom is -0.394 e. The molecule has 0 unspecified atom stereocenters. The summed E-state index contributed by atoms with van der Waals surface area (Å²) in [4.78, 5) is 0. The van der Waals surface area contributed by atoms with E-state index in [1.165, 1.54) is 0 Å². The van der Waals surface area contributed by atoms with Crippen LogP contribution >= 0.6 is 0 Å². The van der Waals surface area contributed by atoms with E-state index >= 15 is 0 Å². The Morgan fingerprint density at radius 1 is 0.588 bits per heavy atom. The molecule has 13 atom stereocenters. The largest absolute Gasteiger partial charge is 0.394 e. The van der Waals surface area contributed by atoms with E-state index in [9.17, 15) is 56.2 Å². The van der Waals surface area contributed by atoms with Crippen LogP contribution in [0.4, 0.5) is 0 Å². The van der Waals surface area contributed by atoms with Gasteiger partial charge in [0.2, 0.25) is 11.6 Å². The molecular weight excluding hydrogens is 472 g/mol. The molecule has 34 heavy (non-hydrogen) atoms. The van der Waals surface area contributed by atoms with Gasteiger partial charge in [0.25, 0.3) is 0 Å². The molecule has 3 aliphatic heterocycles. The Hall–Kier alpha value is -0.640. The van der Waals surface area contributed by atoms with Crippen LogP contribution in [-0.2, 0) is 23.7 Å². The molecule has 3 aliphatic rings. The summed E-state index contributed by atoms with van der Waals surface area (Å²) in [7, 11) is 0. The molecular formula is C18H32O16. The zero-order valence-corrected chi connectivity index (χ0v) is 17.8. The lowest BCUT2D eigenvalue weighted by atomic mass is 9.99. The maximum atomic E-state index is 10.5. The monoisotopic (exact) mass is 504 g/mol. The number of hydrogen-bond acceptors (Lipinski definition) is 16. The molecule has 3 rings (SSSR count). The Kier molecular flexibility index (Phi) is 8.85. The number of aliphatic hydroxyl groups excluding tert-OH is 11. The third-order valence-electron chi connectivity index (χ3n) is 6.29.